The molecule has 1 heterocycles. The smallest absolute Gasteiger partial charge is 0.302 e. The van der Waals surface area contributed by atoms with Crippen LogP contribution in [0.1, 0.15) is 24.8 Å². The number of carbonyl (C=O) groups is 1. The Morgan fingerprint density at radius 3 is 2.22 bits per heavy atom. The van der Waals surface area contributed by atoms with Crippen LogP contribution in [0.3, 0.4) is 0 Å². The molecule has 1 aliphatic rings. The van der Waals surface area contributed by atoms with Gasteiger partial charge in [-0.2, -0.15) is 0 Å². The summed E-state index contributed by atoms with van der Waals surface area (Å²) in [4.78, 5) is 13.6. The maximum absolute atomic E-state index is 11.5. The minimum Gasteiger partial charge on any atom is -0.496 e. The minimum atomic E-state index is -0.276. The molecule has 23 heavy (non-hydrogen) atoms. The Morgan fingerprint density at radius 2 is 1.74 bits per heavy atom. The zero-order valence-electron chi connectivity index (χ0n) is 14.4. The zero-order valence-corrected chi connectivity index (χ0v) is 14.4. The van der Waals surface area contributed by atoms with E-state index in [9.17, 15) is 4.79 Å². The molecule has 6 nitrogen and oxygen atoms in total. The van der Waals surface area contributed by atoms with Crippen LogP contribution < -0.4 is 14.2 Å². The van der Waals surface area contributed by atoms with E-state index in [1.165, 1.54) is 6.92 Å². The summed E-state index contributed by atoms with van der Waals surface area (Å²) in [6.07, 6.45) is 0.621. The highest BCUT2D eigenvalue weighted by atomic mass is 16.5. The molecule has 0 aliphatic carbocycles. The number of rotatable bonds is 5. The van der Waals surface area contributed by atoms with Gasteiger partial charge >= 0.3 is 5.97 Å². The minimum absolute atomic E-state index is 0.0194. The van der Waals surface area contributed by atoms with E-state index in [0.717, 1.165) is 18.5 Å². The van der Waals surface area contributed by atoms with Gasteiger partial charge in [-0.05, 0) is 20.0 Å². The summed E-state index contributed by atoms with van der Waals surface area (Å²) in [6, 6.07) is 3.67. The van der Waals surface area contributed by atoms with Crippen molar-refractivity contribution >= 4 is 5.97 Å². The van der Waals surface area contributed by atoms with Gasteiger partial charge in [0.1, 0.15) is 23.4 Å². The van der Waals surface area contributed by atoms with Crippen LogP contribution in [0.25, 0.3) is 0 Å². The van der Waals surface area contributed by atoms with Gasteiger partial charge in [0.05, 0.1) is 21.3 Å². The van der Waals surface area contributed by atoms with E-state index >= 15 is 0 Å². The Bertz CT molecular complexity index is 535. The first-order chi connectivity index (χ1) is 11.0. The Hall–Kier alpha value is -1.95. The molecule has 1 saturated heterocycles. The van der Waals surface area contributed by atoms with Crippen molar-refractivity contribution in [1.82, 2.24) is 4.90 Å². The first kappa shape index (κ1) is 17.4. The summed E-state index contributed by atoms with van der Waals surface area (Å²) in [5.41, 5.74) is 0.926. The quantitative estimate of drug-likeness (QED) is 0.773. The molecule has 1 fully saturated rings. The molecule has 0 saturated carbocycles. The molecule has 2 atom stereocenters. The lowest BCUT2D eigenvalue weighted by atomic mass is 9.85. The highest BCUT2D eigenvalue weighted by molar-refractivity contribution is 5.66. The number of piperidine rings is 1. The van der Waals surface area contributed by atoms with Crippen LogP contribution in [-0.4, -0.2) is 58.4 Å². The largest absolute Gasteiger partial charge is 0.496 e. The van der Waals surface area contributed by atoms with Crippen molar-refractivity contribution < 1.29 is 23.7 Å². The van der Waals surface area contributed by atoms with Crippen molar-refractivity contribution in [2.24, 2.45) is 0 Å². The fourth-order valence-corrected chi connectivity index (χ4v) is 3.13. The monoisotopic (exact) mass is 323 g/mol. The van der Waals surface area contributed by atoms with Crippen LogP contribution in [-0.2, 0) is 9.53 Å². The number of likely N-dealkylation sites (tertiary alicyclic amines) is 1. The van der Waals surface area contributed by atoms with Gasteiger partial charge in [0.25, 0.3) is 0 Å². The molecular weight excluding hydrogens is 298 g/mol. The molecule has 0 N–H and O–H groups in total. The predicted octanol–water partition coefficient (Wildman–Crippen LogP) is 2.06. The van der Waals surface area contributed by atoms with Crippen molar-refractivity contribution in [3.63, 3.8) is 0 Å². The standard InChI is InChI=1S/C17H25NO5/c1-11(19)23-16-10-18(2)7-6-13(16)17-14(21-4)8-12(20-3)9-15(17)22-5/h8-9,13,16H,6-7,10H2,1-5H3/t13-,16-/m1/s1. The number of methoxy groups -OCH3 is 3. The third-order valence-corrected chi connectivity index (χ3v) is 4.20. The molecule has 0 radical (unpaired) electrons. The second-order valence-electron chi connectivity index (χ2n) is 5.75. The van der Waals surface area contributed by atoms with Gasteiger partial charge < -0.3 is 23.8 Å². The van der Waals surface area contributed by atoms with Gasteiger partial charge in [-0.25, -0.2) is 0 Å². The lowest BCUT2D eigenvalue weighted by Crippen LogP contribution is -2.43. The Balaban J connectivity index is 2.46. The molecule has 0 unspecified atom stereocenters. The number of likely N-dealkylation sites (N-methyl/N-ethyl adjacent to an activating group) is 1. The van der Waals surface area contributed by atoms with Crippen LogP contribution in [0, 0.1) is 0 Å². The summed E-state index contributed by atoms with van der Waals surface area (Å²) in [6.45, 7) is 3.04. The molecule has 0 aromatic heterocycles. The molecular formula is C17H25NO5. The van der Waals surface area contributed by atoms with E-state index < -0.39 is 0 Å². The Labute approximate surface area is 137 Å². The lowest BCUT2D eigenvalue weighted by Gasteiger charge is -2.37. The van der Waals surface area contributed by atoms with Crippen molar-refractivity contribution in [2.45, 2.75) is 25.4 Å². The molecule has 1 aliphatic heterocycles. The van der Waals surface area contributed by atoms with Crippen LogP contribution in [0.4, 0.5) is 0 Å². The average molecular weight is 323 g/mol. The van der Waals surface area contributed by atoms with E-state index in [-0.39, 0.29) is 18.0 Å². The summed E-state index contributed by atoms with van der Waals surface area (Å²) < 4.78 is 22.0. The highest BCUT2D eigenvalue weighted by Gasteiger charge is 2.35. The third-order valence-electron chi connectivity index (χ3n) is 4.20. The summed E-state index contributed by atoms with van der Waals surface area (Å²) in [5, 5.41) is 0. The van der Waals surface area contributed by atoms with Gasteiger partial charge in [-0.3, -0.25) is 4.79 Å². The van der Waals surface area contributed by atoms with Gasteiger partial charge in [0.2, 0.25) is 0 Å². The first-order valence-corrected chi connectivity index (χ1v) is 7.65. The van der Waals surface area contributed by atoms with Crippen LogP contribution in [0.5, 0.6) is 17.2 Å². The molecule has 0 amide bonds. The SMILES string of the molecule is COc1cc(OC)c([C@@H]2CCN(C)C[C@H]2OC(C)=O)c(OC)c1. The molecule has 6 heteroatoms. The van der Waals surface area contributed by atoms with Crippen molar-refractivity contribution in [1.29, 1.82) is 0 Å². The first-order valence-electron chi connectivity index (χ1n) is 7.65. The molecule has 1 aromatic carbocycles. The predicted molar refractivity (Wildman–Crippen MR) is 86.5 cm³/mol. The number of benzene rings is 1. The van der Waals surface area contributed by atoms with Crippen molar-refractivity contribution in [2.75, 3.05) is 41.5 Å². The van der Waals surface area contributed by atoms with E-state index in [4.69, 9.17) is 18.9 Å². The second kappa shape index (κ2) is 7.55. The van der Waals surface area contributed by atoms with Gasteiger partial charge in [-0.15, -0.1) is 0 Å². The number of nitrogens with zero attached hydrogens (tertiary/aromatic N) is 1. The second-order valence-corrected chi connectivity index (χ2v) is 5.75. The number of hydrogen-bond donors (Lipinski definition) is 0. The van der Waals surface area contributed by atoms with Crippen molar-refractivity contribution in [3.8, 4) is 17.2 Å². The van der Waals surface area contributed by atoms with Gasteiger partial charge in [-0.1, -0.05) is 0 Å². The molecule has 0 spiro atoms. The van der Waals surface area contributed by atoms with Crippen molar-refractivity contribution in [3.05, 3.63) is 17.7 Å². The summed E-state index contributed by atoms with van der Waals surface area (Å²) in [7, 11) is 6.86. The average Bonchev–Trinajstić information content (AvgIpc) is 2.53. The maximum atomic E-state index is 11.5. The van der Waals surface area contributed by atoms with E-state index in [1.807, 2.05) is 19.2 Å². The van der Waals surface area contributed by atoms with E-state index in [0.29, 0.717) is 23.8 Å². The van der Waals surface area contributed by atoms with Crippen LogP contribution in [0.15, 0.2) is 12.1 Å². The lowest BCUT2D eigenvalue weighted by molar-refractivity contribution is -0.149. The summed E-state index contributed by atoms with van der Waals surface area (Å²) in [5.74, 6) is 1.79. The molecule has 2 rings (SSSR count). The summed E-state index contributed by atoms with van der Waals surface area (Å²) >= 11 is 0. The molecule has 1 aromatic rings. The molecule has 128 valence electrons. The fourth-order valence-electron chi connectivity index (χ4n) is 3.13. The highest BCUT2D eigenvalue weighted by Crippen LogP contribution is 2.43. The third kappa shape index (κ3) is 3.88. The van der Waals surface area contributed by atoms with Gasteiger partial charge in [0, 0.05) is 37.1 Å². The van der Waals surface area contributed by atoms with E-state index in [1.54, 1.807) is 21.3 Å². The number of esters is 1. The fraction of sp³-hybridized carbons (Fsp3) is 0.588. The Morgan fingerprint density at radius 1 is 1.13 bits per heavy atom. The molecule has 0 bridgehead atoms. The number of carbonyl (C=O) groups excluding carboxylic acids is 1. The maximum Gasteiger partial charge on any atom is 0.302 e. The normalized spacial score (nSPS) is 21.6. The number of hydrogen-bond acceptors (Lipinski definition) is 6. The van der Waals surface area contributed by atoms with Gasteiger partial charge in [0.15, 0.2) is 0 Å². The van der Waals surface area contributed by atoms with E-state index in [2.05, 4.69) is 4.90 Å². The zero-order chi connectivity index (χ0) is 17.0. The van der Waals surface area contributed by atoms with Crippen LogP contribution >= 0.6 is 0 Å². The Kier molecular flexibility index (Phi) is 5.71. The van der Waals surface area contributed by atoms with Crippen LogP contribution in [0.2, 0.25) is 0 Å². The number of ether oxygens (including phenoxy) is 4. The topological polar surface area (TPSA) is 57.2 Å².